The van der Waals surface area contributed by atoms with E-state index in [4.69, 9.17) is 24.9 Å². The van der Waals surface area contributed by atoms with Gasteiger partial charge in [-0.3, -0.25) is 8.80 Å². The van der Waals surface area contributed by atoms with Crippen LogP contribution in [0.25, 0.3) is 90.5 Å². The lowest BCUT2D eigenvalue weighted by Crippen LogP contribution is -2.01. The molecule has 0 radical (unpaired) electrons. The van der Waals surface area contributed by atoms with Gasteiger partial charge in [-0.25, -0.2) is 24.9 Å². The second kappa shape index (κ2) is 14.9. The molecule has 0 bridgehead atoms. The molecule has 7 nitrogen and oxygen atoms in total. The number of hydrogen-bond acceptors (Lipinski definition) is 5. The van der Waals surface area contributed by atoms with Gasteiger partial charge in [-0.05, 0) is 42.2 Å². The Kier molecular flexibility index (Phi) is 8.95. The second-order valence-corrected chi connectivity index (χ2v) is 15.0. The first-order chi connectivity index (χ1) is 28.6. The molecule has 278 valence electrons. The third-order valence-corrected chi connectivity index (χ3v) is 10.5. The van der Waals surface area contributed by atoms with Crippen molar-refractivity contribution < 1.29 is 0 Å². The zero-order valence-electron chi connectivity index (χ0n) is 32.2. The van der Waals surface area contributed by atoms with E-state index in [0.717, 1.165) is 79.4 Å². The van der Waals surface area contributed by atoms with E-state index in [0.29, 0.717) is 23.4 Å². The summed E-state index contributed by atoms with van der Waals surface area (Å²) in [6.45, 7) is 4.48. The second-order valence-electron chi connectivity index (χ2n) is 15.0. The Morgan fingerprint density at radius 2 is 0.724 bits per heavy atom. The molecule has 0 saturated carbocycles. The Morgan fingerprint density at radius 3 is 1.12 bits per heavy atom. The maximum atomic E-state index is 5.11. The van der Waals surface area contributed by atoms with E-state index in [2.05, 4.69) is 156 Å². The van der Waals surface area contributed by atoms with Crippen LogP contribution in [-0.2, 0) is 6.42 Å². The first kappa shape index (κ1) is 34.9. The summed E-state index contributed by atoms with van der Waals surface area (Å²) in [7, 11) is 0. The van der Waals surface area contributed by atoms with E-state index in [1.807, 2.05) is 48.5 Å². The van der Waals surface area contributed by atoms with Crippen LogP contribution in [0.5, 0.6) is 0 Å². The fourth-order valence-electron chi connectivity index (χ4n) is 7.72. The van der Waals surface area contributed by atoms with Crippen molar-refractivity contribution in [2.24, 2.45) is 5.92 Å². The molecule has 0 saturated heterocycles. The third-order valence-electron chi connectivity index (χ3n) is 10.5. The molecule has 0 amide bonds. The SMILES string of the molecule is CC(C)Cc1ccc(-c2nc(-c3ccc(-c4c(-c5ccccc5)nc5ccccn45)cc3)nc(-c3ccc(-c4c(-c5ccccc5)nc5ccccn45)cc3)n2)cc1. The van der Waals surface area contributed by atoms with Gasteiger partial charge in [0.2, 0.25) is 0 Å². The van der Waals surface area contributed by atoms with Crippen LogP contribution in [0.1, 0.15) is 19.4 Å². The predicted molar refractivity (Wildman–Crippen MR) is 234 cm³/mol. The van der Waals surface area contributed by atoms with E-state index in [-0.39, 0.29) is 0 Å². The van der Waals surface area contributed by atoms with Crippen LogP contribution in [-0.4, -0.2) is 33.7 Å². The fourth-order valence-corrected chi connectivity index (χ4v) is 7.72. The summed E-state index contributed by atoms with van der Waals surface area (Å²) >= 11 is 0. The van der Waals surface area contributed by atoms with Crippen LogP contribution in [0, 0.1) is 5.92 Å². The average molecular weight is 750 g/mol. The Morgan fingerprint density at radius 1 is 0.362 bits per heavy atom. The molecule has 10 aromatic rings. The molecule has 5 aromatic heterocycles. The van der Waals surface area contributed by atoms with Gasteiger partial charge in [-0.15, -0.1) is 0 Å². The summed E-state index contributed by atoms with van der Waals surface area (Å²) < 4.78 is 4.30. The van der Waals surface area contributed by atoms with Crippen LogP contribution in [0.4, 0.5) is 0 Å². The summed E-state index contributed by atoms with van der Waals surface area (Å²) in [5, 5.41) is 0. The monoisotopic (exact) mass is 749 g/mol. The number of pyridine rings is 2. The average Bonchev–Trinajstić information content (AvgIpc) is 3.87. The summed E-state index contributed by atoms with van der Waals surface area (Å²) in [4.78, 5) is 25.4. The first-order valence-corrected chi connectivity index (χ1v) is 19.7. The molecule has 0 aliphatic carbocycles. The Hall–Kier alpha value is -7.51. The molecule has 0 aliphatic rings. The highest BCUT2D eigenvalue weighted by molar-refractivity contribution is 5.84. The first-order valence-electron chi connectivity index (χ1n) is 19.7. The molecule has 7 heteroatoms. The van der Waals surface area contributed by atoms with E-state index in [1.54, 1.807) is 0 Å². The van der Waals surface area contributed by atoms with Crippen LogP contribution >= 0.6 is 0 Å². The summed E-state index contributed by atoms with van der Waals surface area (Å²) in [5.41, 5.74) is 14.0. The Bertz CT molecular complexity index is 2840. The van der Waals surface area contributed by atoms with E-state index < -0.39 is 0 Å². The highest BCUT2D eigenvalue weighted by Gasteiger charge is 2.19. The fraction of sp³-hybridized carbons (Fsp3) is 0.0784. The number of aromatic nitrogens is 7. The van der Waals surface area contributed by atoms with Crippen LogP contribution in [0.15, 0.2) is 182 Å². The Labute approximate surface area is 337 Å². The number of benzene rings is 5. The molecular formula is C51H39N7. The predicted octanol–water partition coefficient (Wildman–Crippen LogP) is 12.0. The molecule has 0 unspecified atom stereocenters. The lowest BCUT2D eigenvalue weighted by molar-refractivity contribution is 0.647. The van der Waals surface area contributed by atoms with Crippen molar-refractivity contribution in [2.75, 3.05) is 0 Å². The molecule has 0 fully saturated rings. The maximum Gasteiger partial charge on any atom is 0.164 e. The maximum absolute atomic E-state index is 5.11. The molecule has 0 aliphatic heterocycles. The molecule has 5 heterocycles. The lowest BCUT2D eigenvalue weighted by atomic mass is 10.0. The molecule has 0 atom stereocenters. The van der Waals surface area contributed by atoms with Gasteiger partial charge in [-0.2, -0.15) is 0 Å². The summed E-state index contributed by atoms with van der Waals surface area (Å²) in [5.74, 6) is 2.42. The molecular weight excluding hydrogens is 711 g/mol. The van der Waals surface area contributed by atoms with Gasteiger partial charge in [0, 0.05) is 51.3 Å². The summed E-state index contributed by atoms with van der Waals surface area (Å²) in [6.07, 6.45) is 5.15. The minimum absolute atomic E-state index is 0.570. The summed E-state index contributed by atoms with van der Waals surface area (Å²) in [6, 6.07) is 58.4. The Balaban J connectivity index is 1.06. The number of imidazole rings is 2. The van der Waals surface area contributed by atoms with E-state index in [1.165, 1.54) is 5.56 Å². The zero-order chi connectivity index (χ0) is 39.0. The third kappa shape index (κ3) is 6.62. The normalized spacial score (nSPS) is 11.5. The van der Waals surface area contributed by atoms with Crippen molar-refractivity contribution in [2.45, 2.75) is 20.3 Å². The van der Waals surface area contributed by atoms with Crippen LogP contribution in [0.3, 0.4) is 0 Å². The topological polar surface area (TPSA) is 73.3 Å². The molecule has 58 heavy (non-hydrogen) atoms. The van der Waals surface area contributed by atoms with Crippen LogP contribution < -0.4 is 0 Å². The number of fused-ring (bicyclic) bond motifs is 2. The van der Waals surface area contributed by atoms with Crippen molar-refractivity contribution in [3.8, 4) is 79.2 Å². The van der Waals surface area contributed by atoms with Crippen molar-refractivity contribution >= 4 is 11.3 Å². The van der Waals surface area contributed by atoms with Gasteiger partial charge in [0.15, 0.2) is 17.5 Å². The minimum Gasteiger partial charge on any atom is -0.299 e. The van der Waals surface area contributed by atoms with Crippen LogP contribution in [0.2, 0.25) is 0 Å². The van der Waals surface area contributed by atoms with Gasteiger partial charge in [-0.1, -0.05) is 159 Å². The van der Waals surface area contributed by atoms with Crippen molar-refractivity contribution in [1.82, 2.24) is 33.7 Å². The molecule has 0 spiro atoms. The van der Waals surface area contributed by atoms with Gasteiger partial charge < -0.3 is 0 Å². The van der Waals surface area contributed by atoms with Gasteiger partial charge in [0.05, 0.1) is 22.8 Å². The standard InChI is InChI=1S/C51H39N7/c1-34(2)33-35-19-21-40(22-20-35)49-54-50(41-27-23-38(24-28-41)47-45(36-13-5-3-6-14-36)52-43-17-9-11-31-57(43)47)56-51(55-49)42-29-25-39(26-30-42)48-46(37-15-7-4-8-16-37)53-44-18-10-12-32-58(44)48/h3-32,34H,33H2,1-2H3. The molecule has 0 N–H and O–H groups in total. The van der Waals surface area contributed by atoms with Gasteiger partial charge >= 0.3 is 0 Å². The molecule has 10 rings (SSSR count). The number of hydrogen-bond donors (Lipinski definition) is 0. The smallest absolute Gasteiger partial charge is 0.164 e. The van der Waals surface area contributed by atoms with Crippen molar-refractivity contribution in [3.05, 3.63) is 188 Å². The number of rotatable bonds is 9. The highest BCUT2D eigenvalue weighted by atomic mass is 15.0. The highest BCUT2D eigenvalue weighted by Crippen LogP contribution is 2.36. The quantitative estimate of drug-likeness (QED) is 0.147. The number of nitrogens with zero attached hydrogens (tertiary/aromatic N) is 7. The van der Waals surface area contributed by atoms with Gasteiger partial charge in [0.1, 0.15) is 11.3 Å². The van der Waals surface area contributed by atoms with Gasteiger partial charge in [0.25, 0.3) is 0 Å². The van der Waals surface area contributed by atoms with E-state index >= 15 is 0 Å². The van der Waals surface area contributed by atoms with Crippen molar-refractivity contribution in [1.29, 1.82) is 0 Å². The van der Waals surface area contributed by atoms with E-state index in [9.17, 15) is 0 Å². The minimum atomic E-state index is 0.570. The lowest BCUT2D eigenvalue weighted by Gasteiger charge is -2.11. The van der Waals surface area contributed by atoms with Crippen molar-refractivity contribution in [3.63, 3.8) is 0 Å². The molecule has 5 aromatic carbocycles. The zero-order valence-corrected chi connectivity index (χ0v) is 32.2. The largest absolute Gasteiger partial charge is 0.299 e.